The van der Waals surface area contributed by atoms with Crippen LogP contribution in [0.15, 0.2) is 60.0 Å². The fourth-order valence-corrected chi connectivity index (χ4v) is 5.69. The Morgan fingerprint density at radius 1 is 1.00 bits per heavy atom. The number of imide groups is 1. The Morgan fingerprint density at radius 2 is 1.70 bits per heavy atom. The number of thiazole rings is 1. The van der Waals surface area contributed by atoms with E-state index in [-0.39, 0.29) is 30.6 Å². The Kier molecular flexibility index (Phi) is 8.47. The number of piperazine rings is 1. The van der Waals surface area contributed by atoms with Gasteiger partial charge in [0.25, 0.3) is 11.1 Å². The summed E-state index contributed by atoms with van der Waals surface area (Å²) in [4.78, 5) is 56.6. The summed E-state index contributed by atoms with van der Waals surface area (Å²) < 4.78 is 0. The SMILES string of the molecule is O=C1NC(=O)C(CC(=O)N2CCN(c3ccc(NC(=O)c4csc(-c5ccccc5)n4)cc3)CC2)S1.[Cl-]. The van der Waals surface area contributed by atoms with E-state index in [1.807, 2.05) is 54.6 Å². The van der Waals surface area contributed by atoms with E-state index in [1.165, 1.54) is 11.3 Å². The number of amides is 4. The molecule has 2 fully saturated rings. The number of halogens is 1. The zero-order valence-electron chi connectivity index (χ0n) is 19.6. The molecule has 3 aromatic rings. The van der Waals surface area contributed by atoms with Crippen LogP contribution in [0.4, 0.5) is 16.2 Å². The molecule has 1 unspecified atom stereocenters. The largest absolute Gasteiger partial charge is 1.00 e. The second-order valence-electron chi connectivity index (χ2n) is 8.36. The summed E-state index contributed by atoms with van der Waals surface area (Å²) >= 11 is 2.31. The predicted octanol–water partition coefficient (Wildman–Crippen LogP) is 0.457. The number of hydrogen-bond donors (Lipinski definition) is 2. The molecule has 2 saturated heterocycles. The van der Waals surface area contributed by atoms with Crippen LogP contribution >= 0.6 is 23.1 Å². The molecule has 2 aromatic carbocycles. The second kappa shape index (κ2) is 11.8. The quantitative estimate of drug-likeness (QED) is 0.454. The number of nitrogens with one attached hydrogen (secondary N) is 2. The molecule has 1 atom stereocenters. The summed E-state index contributed by atoms with van der Waals surface area (Å²) in [6.07, 6.45) is 0.0302. The van der Waals surface area contributed by atoms with Crippen LogP contribution in [0, 0.1) is 0 Å². The molecular weight excluding hydrogens is 534 g/mol. The van der Waals surface area contributed by atoms with Gasteiger partial charge >= 0.3 is 0 Å². The molecule has 4 amide bonds. The number of nitrogens with zero attached hydrogens (tertiary/aromatic N) is 3. The third kappa shape index (κ3) is 6.30. The van der Waals surface area contributed by atoms with E-state index in [4.69, 9.17) is 0 Å². The van der Waals surface area contributed by atoms with E-state index in [1.54, 1.807) is 10.3 Å². The molecule has 3 heterocycles. The monoisotopic (exact) mass is 556 g/mol. The summed E-state index contributed by atoms with van der Waals surface area (Å²) in [5.74, 6) is -0.771. The fraction of sp³-hybridized carbons (Fsp3) is 0.240. The van der Waals surface area contributed by atoms with Crippen molar-refractivity contribution in [1.82, 2.24) is 15.2 Å². The molecule has 0 aliphatic carbocycles. The molecule has 0 saturated carbocycles. The smallest absolute Gasteiger partial charge is 0.286 e. The lowest BCUT2D eigenvalue weighted by atomic mass is 10.2. The molecule has 2 aliphatic rings. The minimum Gasteiger partial charge on any atom is -1.00 e. The van der Waals surface area contributed by atoms with Crippen LogP contribution in [-0.2, 0) is 9.59 Å². The van der Waals surface area contributed by atoms with Crippen LogP contribution in [0.5, 0.6) is 0 Å². The Labute approximate surface area is 228 Å². The Bertz CT molecular complexity index is 1290. The van der Waals surface area contributed by atoms with Gasteiger partial charge in [-0.1, -0.05) is 42.1 Å². The number of rotatable bonds is 6. The molecule has 0 bridgehead atoms. The van der Waals surface area contributed by atoms with Crippen molar-refractivity contribution in [2.45, 2.75) is 11.7 Å². The molecule has 192 valence electrons. The van der Waals surface area contributed by atoms with Crippen LogP contribution in [-0.4, -0.2) is 64.3 Å². The van der Waals surface area contributed by atoms with Gasteiger partial charge in [-0.25, -0.2) is 4.98 Å². The van der Waals surface area contributed by atoms with Crippen molar-refractivity contribution in [1.29, 1.82) is 0 Å². The minimum atomic E-state index is -0.639. The lowest BCUT2D eigenvalue weighted by Gasteiger charge is -2.36. The molecule has 1 aromatic heterocycles. The first-order valence-electron chi connectivity index (χ1n) is 11.4. The summed E-state index contributed by atoms with van der Waals surface area (Å²) in [5.41, 5.74) is 3.03. The molecule has 0 spiro atoms. The highest BCUT2D eigenvalue weighted by Crippen LogP contribution is 2.26. The van der Waals surface area contributed by atoms with Crippen LogP contribution < -0.4 is 27.9 Å². The highest BCUT2D eigenvalue weighted by atomic mass is 35.5. The van der Waals surface area contributed by atoms with Crippen molar-refractivity contribution in [3.63, 3.8) is 0 Å². The van der Waals surface area contributed by atoms with Gasteiger partial charge in [0.1, 0.15) is 16.0 Å². The number of carbonyl (C=O) groups is 4. The molecule has 5 rings (SSSR count). The maximum Gasteiger partial charge on any atom is 0.286 e. The van der Waals surface area contributed by atoms with Crippen molar-refractivity contribution in [3.8, 4) is 10.6 Å². The Balaban J connectivity index is 0.00000320. The summed E-state index contributed by atoms with van der Waals surface area (Å²) in [6, 6.07) is 17.3. The van der Waals surface area contributed by atoms with Gasteiger partial charge in [-0.05, 0) is 24.3 Å². The summed E-state index contributed by atoms with van der Waals surface area (Å²) in [7, 11) is 0. The second-order valence-corrected chi connectivity index (χ2v) is 10.4. The average Bonchev–Trinajstić information content (AvgIpc) is 3.51. The fourth-order valence-electron chi connectivity index (χ4n) is 4.07. The number of thioether (sulfide) groups is 1. The highest BCUT2D eigenvalue weighted by molar-refractivity contribution is 8.15. The highest BCUT2D eigenvalue weighted by Gasteiger charge is 2.35. The summed E-state index contributed by atoms with van der Waals surface area (Å²) in [5, 5.41) is 6.62. The Morgan fingerprint density at radius 3 is 2.35 bits per heavy atom. The number of anilines is 2. The van der Waals surface area contributed by atoms with Gasteiger partial charge in [0.2, 0.25) is 11.8 Å². The zero-order chi connectivity index (χ0) is 25.1. The normalized spacial score (nSPS) is 17.2. The third-order valence-electron chi connectivity index (χ3n) is 6.01. The van der Waals surface area contributed by atoms with Gasteiger partial charge < -0.3 is 27.5 Å². The van der Waals surface area contributed by atoms with Crippen LogP contribution in [0.1, 0.15) is 16.9 Å². The van der Waals surface area contributed by atoms with Gasteiger partial charge in [-0.3, -0.25) is 24.5 Å². The van der Waals surface area contributed by atoms with Gasteiger partial charge in [-0.2, -0.15) is 0 Å². The van der Waals surface area contributed by atoms with Crippen LogP contribution in [0.25, 0.3) is 10.6 Å². The molecule has 0 radical (unpaired) electrons. The first-order valence-corrected chi connectivity index (χ1v) is 13.2. The molecule has 9 nitrogen and oxygen atoms in total. The Hall–Kier alpha value is -3.41. The lowest BCUT2D eigenvalue weighted by molar-refractivity contribution is -0.133. The first-order chi connectivity index (χ1) is 17.5. The predicted molar refractivity (Wildman–Crippen MR) is 140 cm³/mol. The zero-order valence-corrected chi connectivity index (χ0v) is 21.9. The van der Waals surface area contributed by atoms with Gasteiger partial charge in [0, 0.05) is 54.9 Å². The van der Waals surface area contributed by atoms with E-state index in [0.29, 0.717) is 37.6 Å². The van der Waals surface area contributed by atoms with Crippen molar-refractivity contribution in [2.24, 2.45) is 0 Å². The molecule has 12 heteroatoms. The van der Waals surface area contributed by atoms with Gasteiger partial charge in [0.05, 0.1) is 0 Å². The average molecular weight is 557 g/mol. The van der Waals surface area contributed by atoms with E-state index >= 15 is 0 Å². The number of hydrogen-bond acceptors (Lipinski definition) is 8. The number of carbonyl (C=O) groups excluding carboxylic acids is 4. The first kappa shape index (κ1) is 26.6. The molecule has 37 heavy (non-hydrogen) atoms. The maximum absolute atomic E-state index is 12.6. The number of aromatic nitrogens is 1. The molecular formula is C25H23ClN5O4S2-. The lowest BCUT2D eigenvalue weighted by Crippen LogP contribution is -3.00. The third-order valence-corrected chi connectivity index (χ3v) is 7.88. The standard InChI is InChI=1S/C25H23N5O4S2.ClH/c31-21(14-20-23(33)28-25(34)36-20)30-12-10-29(11-13-30)18-8-6-17(7-9-18)26-22(32)19-15-35-24(27-19)16-4-2-1-3-5-16;/h1-9,15,20H,10-14H2,(H,26,32)(H,28,33,34);1H/p-1. The van der Waals surface area contributed by atoms with Crippen molar-refractivity contribution >= 4 is 57.4 Å². The topological polar surface area (TPSA) is 112 Å². The van der Waals surface area contributed by atoms with Crippen LogP contribution in [0.2, 0.25) is 0 Å². The molecule has 2 N–H and O–H groups in total. The van der Waals surface area contributed by atoms with E-state index in [9.17, 15) is 19.2 Å². The minimum absolute atomic E-state index is 0. The van der Waals surface area contributed by atoms with E-state index < -0.39 is 16.4 Å². The molecule has 2 aliphatic heterocycles. The van der Waals surface area contributed by atoms with E-state index in [2.05, 4.69) is 20.5 Å². The van der Waals surface area contributed by atoms with Crippen molar-refractivity contribution in [2.75, 3.05) is 36.4 Å². The van der Waals surface area contributed by atoms with Gasteiger partial charge in [0.15, 0.2) is 0 Å². The van der Waals surface area contributed by atoms with Crippen LogP contribution in [0.3, 0.4) is 0 Å². The van der Waals surface area contributed by atoms with E-state index in [0.717, 1.165) is 28.0 Å². The number of benzene rings is 2. The maximum atomic E-state index is 12.6. The summed E-state index contributed by atoms with van der Waals surface area (Å²) in [6.45, 7) is 2.39. The van der Waals surface area contributed by atoms with Crippen molar-refractivity contribution < 1.29 is 31.6 Å². The van der Waals surface area contributed by atoms with Gasteiger partial charge in [-0.15, -0.1) is 11.3 Å². The van der Waals surface area contributed by atoms with Crippen molar-refractivity contribution in [3.05, 3.63) is 65.7 Å².